The highest BCUT2D eigenvalue weighted by atomic mass is 16.4. The van der Waals surface area contributed by atoms with E-state index in [0.29, 0.717) is 5.57 Å². The van der Waals surface area contributed by atoms with Gasteiger partial charge in [-0.1, -0.05) is 36.5 Å². The molecule has 0 aliphatic heterocycles. The first-order valence-corrected chi connectivity index (χ1v) is 3.35. The van der Waals surface area contributed by atoms with Crippen LogP contribution in [-0.2, 0) is 4.79 Å². The van der Waals surface area contributed by atoms with E-state index in [4.69, 9.17) is 5.21 Å². The number of Topliss-reactive ketones (excluding diaryl/α,β-unsaturated/α-hetero) is 1. The Bertz CT molecular complexity index is 262. The Labute approximate surface area is 71.4 Å². The number of nitrogens with zero attached hydrogens (tertiary/aromatic N) is 1. The average Bonchev–Trinajstić information content (AvgIpc) is 2.11. The highest BCUT2D eigenvalue weighted by Crippen LogP contribution is 1.99. The van der Waals surface area contributed by atoms with Crippen molar-refractivity contribution in [3.05, 3.63) is 37.0 Å². The largest absolute Gasteiger partial charge is 0.411 e. The van der Waals surface area contributed by atoms with Crippen molar-refractivity contribution in [2.24, 2.45) is 5.16 Å². The van der Waals surface area contributed by atoms with Crippen LogP contribution in [0.1, 0.15) is 6.92 Å². The predicted octanol–water partition coefficient (Wildman–Crippen LogP) is 1.70. The summed E-state index contributed by atoms with van der Waals surface area (Å²) in [5.74, 6) is -0.354. The van der Waals surface area contributed by atoms with E-state index in [1.165, 1.54) is 25.2 Å². The minimum absolute atomic E-state index is 0.0306. The monoisotopic (exact) mass is 165 g/mol. The summed E-state index contributed by atoms with van der Waals surface area (Å²) in [5, 5.41) is 11.1. The number of allylic oxidation sites excluding steroid dienone is 4. The molecule has 0 saturated carbocycles. The second kappa shape index (κ2) is 5.07. The maximum atomic E-state index is 11.2. The third-order valence-corrected chi connectivity index (χ3v) is 1.26. The fourth-order valence-electron chi connectivity index (χ4n) is 0.618. The summed E-state index contributed by atoms with van der Waals surface area (Å²) in [6.45, 7) is 8.30. The van der Waals surface area contributed by atoms with Crippen LogP contribution < -0.4 is 0 Å². The molecule has 3 nitrogen and oxygen atoms in total. The van der Waals surface area contributed by atoms with Gasteiger partial charge in [0.1, 0.15) is 5.71 Å². The van der Waals surface area contributed by atoms with Crippen LogP contribution in [0.2, 0.25) is 0 Å². The number of rotatable bonds is 4. The zero-order chi connectivity index (χ0) is 9.56. The van der Waals surface area contributed by atoms with Gasteiger partial charge in [-0.25, -0.2) is 0 Å². The first kappa shape index (κ1) is 10.4. The zero-order valence-electron chi connectivity index (χ0n) is 6.95. The normalized spacial score (nSPS) is 12.4. The highest BCUT2D eigenvalue weighted by Gasteiger charge is 2.08. The third kappa shape index (κ3) is 2.54. The topological polar surface area (TPSA) is 49.7 Å². The SMILES string of the molecule is C=C/C=C(\C=C)C(=O)/C(C)=N\O. The fraction of sp³-hybridized carbons (Fsp3) is 0.111. The Morgan fingerprint density at radius 2 is 2.08 bits per heavy atom. The molecule has 0 rings (SSSR count). The van der Waals surface area contributed by atoms with Gasteiger partial charge in [-0.3, -0.25) is 4.79 Å². The molecule has 3 heteroatoms. The highest BCUT2D eigenvalue weighted by molar-refractivity contribution is 6.45. The second-order valence-corrected chi connectivity index (χ2v) is 2.08. The number of ketones is 1. The van der Waals surface area contributed by atoms with E-state index in [1.807, 2.05) is 0 Å². The lowest BCUT2D eigenvalue weighted by atomic mass is 10.1. The van der Waals surface area contributed by atoms with Crippen LogP contribution in [0.25, 0.3) is 0 Å². The first-order valence-electron chi connectivity index (χ1n) is 3.35. The molecule has 0 radical (unpaired) electrons. The molecule has 0 aromatic heterocycles. The lowest BCUT2D eigenvalue weighted by molar-refractivity contribution is -0.109. The van der Waals surface area contributed by atoms with Gasteiger partial charge >= 0.3 is 0 Å². The van der Waals surface area contributed by atoms with Crippen molar-refractivity contribution in [1.29, 1.82) is 0 Å². The Morgan fingerprint density at radius 1 is 1.50 bits per heavy atom. The Kier molecular flexibility index (Phi) is 4.38. The molecule has 0 saturated heterocycles. The second-order valence-electron chi connectivity index (χ2n) is 2.08. The average molecular weight is 165 g/mol. The van der Waals surface area contributed by atoms with Gasteiger partial charge in [0.05, 0.1) is 0 Å². The Hall–Kier alpha value is -1.64. The summed E-state index contributed by atoms with van der Waals surface area (Å²) < 4.78 is 0. The van der Waals surface area contributed by atoms with Crippen LogP contribution in [0, 0.1) is 0 Å². The van der Waals surface area contributed by atoms with Crippen molar-refractivity contribution in [3.63, 3.8) is 0 Å². The van der Waals surface area contributed by atoms with Crippen LogP contribution in [0.15, 0.2) is 42.1 Å². The number of hydrogen-bond acceptors (Lipinski definition) is 3. The number of carbonyl (C=O) groups excluding carboxylic acids is 1. The van der Waals surface area contributed by atoms with E-state index in [0.717, 1.165) is 0 Å². The van der Waals surface area contributed by atoms with E-state index in [1.54, 1.807) is 0 Å². The maximum Gasteiger partial charge on any atom is 0.210 e. The summed E-state index contributed by atoms with van der Waals surface area (Å²) in [6, 6.07) is 0. The summed E-state index contributed by atoms with van der Waals surface area (Å²) in [7, 11) is 0. The lowest BCUT2D eigenvalue weighted by Gasteiger charge is -1.96. The molecule has 0 heterocycles. The minimum Gasteiger partial charge on any atom is -0.411 e. The Morgan fingerprint density at radius 3 is 2.42 bits per heavy atom. The predicted molar refractivity (Wildman–Crippen MR) is 48.4 cm³/mol. The van der Waals surface area contributed by atoms with Crippen molar-refractivity contribution in [1.82, 2.24) is 0 Å². The first-order chi connectivity index (χ1) is 5.67. The zero-order valence-corrected chi connectivity index (χ0v) is 6.95. The molecule has 0 amide bonds. The summed E-state index contributed by atoms with van der Waals surface area (Å²) in [5.41, 5.74) is 0.392. The molecule has 0 aromatic rings. The van der Waals surface area contributed by atoms with Gasteiger partial charge < -0.3 is 5.21 Å². The van der Waals surface area contributed by atoms with Crippen LogP contribution in [0.4, 0.5) is 0 Å². The molecule has 0 aliphatic carbocycles. The third-order valence-electron chi connectivity index (χ3n) is 1.26. The molecule has 0 aliphatic rings. The number of hydrogen-bond donors (Lipinski definition) is 1. The van der Waals surface area contributed by atoms with Gasteiger partial charge in [-0.15, -0.1) is 0 Å². The van der Waals surface area contributed by atoms with Crippen molar-refractivity contribution in [2.45, 2.75) is 6.92 Å². The smallest absolute Gasteiger partial charge is 0.210 e. The van der Waals surface area contributed by atoms with Gasteiger partial charge in [-0.05, 0) is 6.92 Å². The molecule has 0 unspecified atom stereocenters. The fourth-order valence-corrected chi connectivity index (χ4v) is 0.618. The minimum atomic E-state index is -0.354. The molecule has 0 aromatic carbocycles. The van der Waals surface area contributed by atoms with Gasteiger partial charge in [-0.2, -0.15) is 0 Å². The number of oxime groups is 1. The van der Waals surface area contributed by atoms with Gasteiger partial charge in [0.2, 0.25) is 5.78 Å². The number of carbonyl (C=O) groups is 1. The molecular formula is C9H11NO2. The van der Waals surface area contributed by atoms with E-state index >= 15 is 0 Å². The van der Waals surface area contributed by atoms with E-state index in [-0.39, 0.29) is 11.5 Å². The maximum absolute atomic E-state index is 11.2. The van der Waals surface area contributed by atoms with Crippen molar-refractivity contribution < 1.29 is 10.0 Å². The molecule has 64 valence electrons. The van der Waals surface area contributed by atoms with Crippen molar-refractivity contribution in [2.75, 3.05) is 0 Å². The van der Waals surface area contributed by atoms with Crippen LogP contribution in [0.3, 0.4) is 0 Å². The van der Waals surface area contributed by atoms with E-state index in [2.05, 4.69) is 18.3 Å². The van der Waals surface area contributed by atoms with Crippen molar-refractivity contribution in [3.8, 4) is 0 Å². The van der Waals surface area contributed by atoms with Gasteiger partial charge in [0.25, 0.3) is 0 Å². The van der Waals surface area contributed by atoms with Crippen LogP contribution >= 0.6 is 0 Å². The molecular weight excluding hydrogens is 154 g/mol. The summed E-state index contributed by atoms with van der Waals surface area (Å²) >= 11 is 0. The summed E-state index contributed by atoms with van der Waals surface area (Å²) in [6.07, 6.45) is 4.36. The molecule has 0 atom stereocenters. The molecule has 12 heavy (non-hydrogen) atoms. The van der Waals surface area contributed by atoms with Gasteiger partial charge in [0.15, 0.2) is 0 Å². The molecule has 0 spiro atoms. The molecule has 0 fully saturated rings. The van der Waals surface area contributed by atoms with Crippen LogP contribution in [0.5, 0.6) is 0 Å². The lowest BCUT2D eigenvalue weighted by Crippen LogP contribution is -2.11. The quantitative estimate of drug-likeness (QED) is 0.226. The van der Waals surface area contributed by atoms with E-state index in [9.17, 15) is 4.79 Å². The summed E-state index contributed by atoms with van der Waals surface area (Å²) in [4.78, 5) is 11.2. The standard InChI is InChI=1S/C9H11NO2/c1-4-6-8(5-2)9(11)7(3)10-12/h4-6,12H,1-2H2,3H3/b8-6+,10-7-. The van der Waals surface area contributed by atoms with Crippen molar-refractivity contribution >= 4 is 11.5 Å². The Balaban J connectivity index is 4.77. The van der Waals surface area contributed by atoms with Gasteiger partial charge in [0, 0.05) is 5.57 Å². The van der Waals surface area contributed by atoms with E-state index < -0.39 is 0 Å². The molecule has 1 N–H and O–H groups in total. The molecule has 0 bridgehead atoms. The van der Waals surface area contributed by atoms with Crippen LogP contribution in [-0.4, -0.2) is 16.7 Å².